The molecule has 2 rings (SSSR count). The number of likely N-dealkylation sites (tertiary alicyclic amines) is 1. The number of hydrogen-bond donors (Lipinski definition) is 1. The third-order valence-corrected chi connectivity index (χ3v) is 2.99. The van der Waals surface area contributed by atoms with Crippen LogP contribution in [-0.4, -0.2) is 39.8 Å². The molecule has 1 saturated heterocycles. The Labute approximate surface area is 94.4 Å². The van der Waals surface area contributed by atoms with Gasteiger partial charge in [0.25, 0.3) is 0 Å². The van der Waals surface area contributed by atoms with Crippen LogP contribution in [0.4, 0.5) is 4.79 Å². The van der Waals surface area contributed by atoms with Crippen molar-refractivity contribution in [3.63, 3.8) is 0 Å². The first-order valence-electron chi connectivity index (χ1n) is 5.54. The molecule has 1 unspecified atom stereocenters. The van der Waals surface area contributed by atoms with Crippen LogP contribution in [0.1, 0.15) is 33.6 Å². The summed E-state index contributed by atoms with van der Waals surface area (Å²) in [4.78, 5) is 24.3. The number of piperidine rings is 1. The Morgan fingerprint density at radius 3 is 2.44 bits per heavy atom. The first kappa shape index (κ1) is 11.2. The van der Waals surface area contributed by atoms with Gasteiger partial charge in [-0.05, 0) is 39.5 Å². The van der Waals surface area contributed by atoms with E-state index in [1.807, 2.05) is 0 Å². The van der Waals surface area contributed by atoms with Crippen LogP contribution in [0.2, 0.25) is 0 Å². The van der Waals surface area contributed by atoms with Gasteiger partial charge in [-0.2, -0.15) is 0 Å². The van der Waals surface area contributed by atoms with E-state index >= 15 is 0 Å². The lowest BCUT2D eigenvalue weighted by atomic mass is 10.2. The molecule has 1 aliphatic heterocycles. The number of carboxylic acid groups (broad SMARTS) is 1. The second kappa shape index (κ2) is 3.37. The van der Waals surface area contributed by atoms with Gasteiger partial charge >= 0.3 is 12.1 Å². The summed E-state index contributed by atoms with van der Waals surface area (Å²) in [6.45, 7) is 5.34. The molecule has 0 aromatic carbocycles. The fourth-order valence-corrected chi connectivity index (χ4v) is 2.25. The highest BCUT2D eigenvalue weighted by molar-refractivity contribution is 5.82. The van der Waals surface area contributed by atoms with Gasteiger partial charge in [0, 0.05) is 6.04 Å². The Bertz CT molecular complexity index is 333. The number of rotatable bonds is 1. The summed E-state index contributed by atoms with van der Waals surface area (Å²) in [6, 6.07) is -0.602. The van der Waals surface area contributed by atoms with E-state index in [4.69, 9.17) is 9.84 Å². The van der Waals surface area contributed by atoms with Crippen LogP contribution in [0.5, 0.6) is 0 Å². The lowest BCUT2D eigenvalue weighted by Crippen LogP contribution is -2.45. The van der Waals surface area contributed by atoms with Crippen molar-refractivity contribution in [2.24, 2.45) is 5.92 Å². The average molecular weight is 227 g/mol. The van der Waals surface area contributed by atoms with Crippen molar-refractivity contribution in [1.82, 2.24) is 4.90 Å². The molecule has 2 fully saturated rings. The van der Waals surface area contributed by atoms with Crippen LogP contribution in [0.15, 0.2) is 0 Å². The summed E-state index contributed by atoms with van der Waals surface area (Å²) in [5, 5.41) is 9.02. The minimum absolute atomic E-state index is 0.0935. The maximum atomic E-state index is 11.9. The Morgan fingerprint density at radius 2 is 1.94 bits per heavy atom. The Kier molecular flexibility index (Phi) is 2.36. The predicted molar refractivity (Wildman–Crippen MR) is 56.0 cm³/mol. The fourth-order valence-electron chi connectivity index (χ4n) is 2.25. The Hall–Kier alpha value is -1.26. The average Bonchev–Trinajstić information content (AvgIpc) is 2.73. The van der Waals surface area contributed by atoms with E-state index in [2.05, 4.69) is 0 Å². The molecule has 0 aromatic heterocycles. The Balaban J connectivity index is 2.07. The van der Waals surface area contributed by atoms with E-state index in [1.165, 1.54) is 4.90 Å². The maximum absolute atomic E-state index is 11.9. The largest absolute Gasteiger partial charge is 0.480 e. The highest BCUT2D eigenvalue weighted by Crippen LogP contribution is 2.48. The normalized spacial score (nSPS) is 32.2. The van der Waals surface area contributed by atoms with E-state index in [9.17, 15) is 9.59 Å². The molecular formula is C11H17NO4. The van der Waals surface area contributed by atoms with Crippen molar-refractivity contribution in [2.45, 2.75) is 51.3 Å². The van der Waals surface area contributed by atoms with Crippen LogP contribution in [0.25, 0.3) is 0 Å². The summed E-state index contributed by atoms with van der Waals surface area (Å²) in [5.74, 6) is -0.563. The van der Waals surface area contributed by atoms with Crippen LogP contribution in [0, 0.1) is 5.92 Å². The van der Waals surface area contributed by atoms with Gasteiger partial charge in [0.15, 0.2) is 0 Å². The first-order chi connectivity index (χ1) is 7.29. The molecule has 1 heterocycles. The molecule has 2 aliphatic rings. The number of hydrogen-bond acceptors (Lipinski definition) is 3. The molecular weight excluding hydrogens is 210 g/mol. The van der Waals surface area contributed by atoms with Crippen LogP contribution >= 0.6 is 0 Å². The quantitative estimate of drug-likeness (QED) is 0.736. The van der Waals surface area contributed by atoms with Gasteiger partial charge in [0.05, 0.1) is 0 Å². The van der Waals surface area contributed by atoms with Crippen molar-refractivity contribution >= 4 is 12.1 Å². The van der Waals surface area contributed by atoms with Crippen molar-refractivity contribution in [3.8, 4) is 0 Å². The third-order valence-electron chi connectivity index (χ3n) is 2.99. The minimum Gasteiger partial charge on any atom is -0.480 e. The molecule has 0 radical (unpaired) electrons. The summed E-state index contributed by atoms with van der Waals surface area (Å²) in [5.41, 5.74) is -0.576. The van der Waals surface area contributed by atoms with Gasteiger partial charge in [-0.1, -0.05) is 0 Å². The molecule has 3 atom stereocenters. The van der Waals surface area contributed by atoms with Gasteiger partial charge in [-0.15, -0.1) is 0 Å². The second-order valence-corrected chi connectivity index (χ2v) is 5.54. The van der Waals surface area contributed by atoms with E-state index in [-0.39, 0.29) is 6.04 Å². The molecule has 0 aromatic rings. The zero-order valence-electron chi connectivity index (χ0n) is 9.77. The smallest absolute Gasteiger partial charge is 0.411 e. The van der Waals surface area contributed by atoms with Crippen molar-refractivity contribution in [1.29, 1.82) is 0 Å². The van der Waals surface area contributed by atoms with Gasteiger partial charge in [-0.25, -0.2) is 9.59 Å². The molecule has 0 bridgehead atoms. The zero-order chi connectivity index (χ0) is 12.1. The molecule has 1 saturated carbocycles. The summed E-state index contributed by atoms with van der Waals surface area (Å²) < 4.78 is 5.22. The number of carbonyl (C=O) groups excluding carboxylic acids is 1. The number of aliphatic carboxylic acids is 1. The van der Waals surface area contributed by atoms with E-state index in [0.717, 1.165) is 6.42 Å². The zero-order valence-corrected chi connectivity index (χ0v) is 9.77. The minimum atomic E-state index is -0.932. The summed E-state index contributed by atoms with van der Waals surface area (Å²) >= 11 is 0. The SMILES string of the molecule is CC(C)(C)OC(=O)N1C(C(=O)O)C[C@@H]2C[C@H]21. The molecule has 5 nitrogen and oxygen atoms in total. The van der Waals surface area contributed by atoms with Gasteiger partial charge < -0.3 is 9.84 Å². The monoisotopic (exact) mass is 227 g/mol. The first-order valence-corrected chi connectivity index (χ1v) is 5.54. The number of fused-ring (bicyclic) bond motifs is 1. The predicted octanol–water partition coefficient (Wildman–Crippen LogP) is 1.47. The molecule has 16 heavy (non-hydrogen) atoms. The van der Waals surface area contributed by atoms with E-state index < -0.39 is 23.7 Å². The maximum Gasteiger partial charge on any atom is 0.411 e. The molecule has 1 amide bonds. The fraction of sp³-hybridized carbons (Fsp3) is 0.818. The highest BCUT2D eigenvalue weighted by atomic mass is 16.6. The van der Waals surface area contributed by atoms with Crippen molar-refractivity contribution < 1.29 is 19.4 Å². The lowest BCUT2D eigenvalue weighted by molar-refractivity contribution is -0.142. The highest BCUT2D eigenvalue weighted by Gasteiger charge is 2.57. The topological polar surface area (TPSA) is 66.8 Å². The van der Waals surface area contributed by atoms with Crippen LogP contribution in [0.3, 0.4) is 0 Å². The van der Waals surface area contributed by atoms with Crippen LogP contribution < -0.4 is 0 Å². The molecule has 5 heteroatoms. The number of carbonyl (C=O) groups is 2. The van der Waals surface area contributed by atoms with Gasteiger partial charge in [-0.3, -0.25) is 4.90 Å². The number of carboxylic acids is 1. The lowest BCUT2D eigenvalue weighted by Gasteiger charge is -2.28. The van der Waals surface area contributed by atoms with Crippen molar-refractivity contribution in [2.75, 3.05) is 0 Å². The molecule has 0 spiro atoms. The summed E-state index contributed by atoms with van der Waals surface area (Å²) in [7, 11) is 0. The van der Waals surface area contributed by atoms with Crippen molar-refractivity contribution in [3.05, 3.63) is 0 Å². The summed E-state index contributed by atoms with van der Waals surface area (Å²) in [6.07, 6.45) is 0.993. The number of ether oxygens (including phenoxy) is 1. The van der Waals surface area contributed by atoms with Crippen LogP contribution in [-0.2, 0) is 9.53 Å². The number of nitrogens with zero attached hydrogens (tertiary/aromatic N) is 1. The van der Waals surface area contributed by atoms with E-state index in [0.29, 0.717) is 12.3 Å². The third kappa shape index (κ3) is 1.99. The number of amides is 1. The molecule has 1 aliphatic carbocycles. The second-order valence-electron chi connectivity index (χ2n) is 5.54. The van der Waals surface area contributed by atoms with Gasteiger partial charge in [0.1, 0.15) is 11.6 Å². The standard InChI is InChI=1S/C11H17NO4/c1-11(2,3)16-10(15)12-7-4-6(7)5-8(12)9(13)14/h6-8H,4-5H2,1-3H3,(H,13,14)/t6-,7+,8?/m0/s1. The van der Waals surface area contributed by atoms with E-state index in [1.54, 1.807) is 20.8 Å². The Morgan fingerprint density at radius 1 is 1.31 bits per heavy atom. The molecule has 1 N–H and O–H groups in total. The van der Waals surface area contributed by atoms with Gasteiger partial charge in [0.2, 0.25) is 0 Å². The molecule has 90 valence electrons.